The second kappa shape index (κ2) is 7.71. The molecule has 1 aliphatic rings. The molecule has 1 atom stereocenters. The van der Waals surface area contributed by atoms with Crippen molar-refractivity contribution in [3.8, 4) is 0 Å². The van der Waals surface area contributed by atoms with E-state index in [4.69, 9.17) is 0 Å². The van der Waals surface area contributed by atoms with Gasteiger partial charge in [0.1, 0.15) is 17.5 Å². The van der Waals surface area contributed by atoms with Gasteiger partial charge in [0, 0.05) is 19.0 Å². The summed E-state index contributed by atoms with van der Waals surface area (Å²) in [5.41, 5.74) is -0.929. The molecule has 1 aliphatic heterocycles. The maximum atomic E-state index is 14.0. The third-order valence-corrected chi connectivity index (χ3v) is 4.36. The molecule has 0 bridgehead atoms. The number of rotatable bonds is 4. The Morgan fingerprint density at radius 1 is 1.11 bits per heavy atom. The monoisotopic (exact) mass is 392 g/mol. The first-order chi connectivity index (χ1) is 13.3. The number of nitrogens with zero attached hydrogens (tertiary/aromatic N) is 1. The molecule has 0 radical (unpaired) electrons. The molecule has 0 spiro atoms. The first-order valence-corrected chi connectivity index (χ1v) is 8.25. The number of methoxy groups -OCH3 is 1. The number of hydrogen-bond acceptors (Lipinski definition) is 4. The largest absolute Gasteiger partial charge is 0.465 e. The van der Waals surface area contributed by atoms with Crippen molar-refractivity contribution in [2.24, 2.45) is 5.92 Å². The first-order valence-electron chi connectivity index (χ1n) is 8.25. The highest BCUT2D eigenvalue weighted by atomic mass is 19.1. The lowest BCUT2D eigenvalue weighted by molar-refractivity contribution is -0.122. The topological polar surface area (TPSA) is 75.7 Å². The van der Waals surface area contributed by atoms with E-state index in [1.54, 1.807) is 6.07 Å². The van der Waals surface area contributed by atoms with Crippen LogP contribution in [0.1, 0.15) is 16.8 Å². The average molecular weight is 392 g/mol. The Hall–Kier alpha value is -3.36. The number of carbonyl (C=O) groups excluding carboxylic acids is 3. The van der Waals surface area contributed by atoms with Crippen molar-refractivity contribution in [1.29, 1.82) is 0 Å². The summed E-state index contributed by atoms with van der Waals surface area (Å²) < 4.78 is 46.0. The highest BCUT2D eigenvalue weighted by Gasteiger charge is 2.36. The summed E-state index contributed by atoms with van der Waals surface area (Å²) in [6.45, 7) is -0.0989. The van der Waals surface area contributed by atoms with Gasteiger partial charge >= 0.3 is 5.97 Å². The lowest BCUT2D eigenvalue weighted by atomic mass is 10.1. The number of esters is 1. The second-order valence-corrected chi connectivity index (χ2v) is 6.15. The fourth-order valence-electron chi connectivity index (χ4n) is 2.93. The number of halogens is 3. The lowest BCUT2D eigenvalue weighted by Crippen LogP contribution is -2.29. The van der Waals surface area contributed by atoms with Gasteiger partial charge in [0.15, 0.2) is 0 Å². The van der Waals surface area contributed by atoms with Crippen LogP contribution in [0.3, 0.4) is 0 Å². The third kappa shape index (κ3) is 3.68. The average Bonchev–Trinajstić information content (AvgIpc) is 3.05. The van der Waals surface area contributed by atoms with Crippen LogP contribution >= 0.6 is 0 Å². The van der Waals surface area contributed by atoms with Crippen LogP contribution in [-0.4, -0.2) is 31.4 Å². The zero-order chi connectivity index (χ0) is 20.4. The fourth-order valence-corrected chi connectivity index (χ4v) is 2.93. The maximum Gasteiger partial charge on any atom is 0.340 e. The smallest absolute Gasteiger partial charge is 0.340 e. The Morgan fingerprint density at radius 2 is 1.82 bits per heavy atom. The molecule has 1 heterocycles. The van der Waals surface area contributed by atoms with Gasteiger partial charge in [0.05, 0.1) is 30.0 Å². The number of nitrogens with one attached hydrogen (secondary N) is 1. The molecule has 0 unspecified atom stereocenters. The SMILES string of the molecule is COC(=O)c1cc(NC(=O)[C@@H]2CC(=O)N(c3ccccc3F)C2)c(F)cc1F. The van der Waals surface area contributed by atoms with Gasteiger partial charge < -0.3 is 15.0 Å². The molecular formula is C19H15F3N2O4. The predicted octanol–water partition coefficient (Wildman–Crippen LogP) is 2.88. The molecule has 6 nitrogen and oxygen atoms in total. The number of carbonyl (C=O) groups is 3. The van der Waals surface area contributed by atoms with Crippen LogP contribution in [0.25, 0.3) is 0 Å². The quantitative estimate of drug-likeness (QED) is 0.812. The van der Waals surface area contributed by atoms with Crippen LogP contribution in [-0.2, 0) is 14.3 Å². The third-order valence-electron chi connectivity index (χ3n) is 4.36. The molecule has 2 aromatic rings. The van der Waals surface area contributed by atoms with Gasteiger partial charge in [-0.25, -0.2) is 18.0 Å². The van der Waals surface area contributed by atoms with Crippen LogP contribution in [0, 0.1) is 23.4 Å². The number of amides is 2. The van der Waals surface area contributed by atoms with E-state index in [0.717, 1.165) is 18.1 Å². The number of benzene rings is 2. The van der Waals surface area contributed by atoms with Gasteiger partial charge in [0.2, 0.25) is 11.8 Å². The van der Waals surface area contributed by atoms with Crippen molar-refractivity contribution in [2.75, 3.05) is 23.9 Å². The number of anilines is 2. The van der Waals surface area contributed by atoms with Crippen LogP contribution in [0.15, 0.2) is 36.4 Å². The van der Waals surface area contributed by atoms with E-state index in [1.165, 1.54) is 18.2 Å². The zero-order valence-electron chi connectivity index (χ0n) is 14.7. The van der Waals surface area contributed by atoms with Gasteiger partial charge in [0.25, 0.3) is 0 Å². The summed E-state index contributed by atoms with van der Waals surface area (Å²) in [4.78, 5) is 37.3. The molecule has 146 valence electrons. The molecule has 9 heteroatoms. The molecule has 2 aromatic carbocycles. The van der Waals surface area contributed by atoms with Gasteiger partial charge in [-0.3, -0.25) is 9.59 Å². The standard InChI is InChI=1S/C19H15F3N2O4/c1-28-19(27)11-7-15(14(22)8-13(11)21)23-18(26)10-6-17(25)24(9-10)16-5-3-2-4-12(16)20/h2-5,7-8,10H,6,9H2,1H3,(H,23,26)/t10-/m1/s1. The van der Waals surface area contributed by atoms with E-state index < -0.39 is 52.4 Å². The van der Waals surface area contributed by atoms with Crippen LogP contribution in [0.5, 0.6) is 0 Å². The summed E-state index contributed by atoms with van der Waals surface area (Å²) in [5, 5.41) is 2.24. The maximum absolute atomic E-state index is 14.0. The minimum absolute atomic E-state index is 0.0451. The molecule has 0 aliphatic carbocycles. The summed E-state index contributed by atoms with van der Waals surface area (Å²) in [7, 11) is 1.03. The van der Waals surface area contributed by atoms with Gasteiger partial charge in [-0.05, 0) is 18.2 Å². The summed E-state index contributed by atoms with van der Waals surface area (Å²) >= 11 is 0. The lowest BCUT2D eigenvalue weighted by Gasteiger charge is -2.17. The van der Waals surface area contributed by atoms with Crippen molar-refractivity contribution < 1.29 is 32.3 Å². The van der Waals surface area contributed by atoms with Crippen molar-refractivity contribution in [3.63, 3.8) is 0 Å². The molecule has 2 amide bonds. The van der Waals surface area contributed by atoms with Crippen LogP contribution in [0.4, 0.5) is 24.5 Å². The summed E-state index contributed by atoms with van der Waals surface area (Å²) in [6, 6.07) is 6.91. The first kappa shape index (κ1) is 19.4. The van der Waals surface area contributed by atoms with E-state index in [9.17, 15) is 27.6 Å². The van der Waals surface area contributed by atoms with Gasteiger partial charge in [-0.2, -0.15) is 0 Å². The molecule has 28 heavy (non-hydrogen) atoms. The molecule has 0 saturated carbocycles. The highest BCUT2D eigenvalue weighted by Crippen LogP contribution is 2.28. The van der Waals surface area contributed by atoms with Crippen molar-refractivity contribution in [3.05, 3.63) is 59.4 Å². The predicted molar refractivity (Wildman–Crippen MR) is 93.2 cm³/mol. The Balaban J connectivity index is 1.78. The number of para-hydroxylation sites is 1. The van der Waals surface area contributed by atoms with Gasteiger partial charge in [-0.1, -0.05) is 12.1 Å². The molecule has 1 fully saturated rings. The highest BCUT2D eigenvalue weighted by molar-refractivity contribution is 6.04. The molecule has 1 N–H and O–H groups in total. The van der Waals surface area contributed by atoms with E-state index in [2.05, 4.69) is 10.1 Å². The van der Waals surface area contributed by atoms with E-state index in [0.29, 0.717) is 6.07 Å². The van der Waals surface area contributed by atoms with Crippen LogP contribution in [0.2, 0.25) is 0 Å². The molecule has 1 saturated heterocycles. The summed E-state index contributed by atoms with van der Waals surface area (Å²) in [6.07, 6.45) is -0.202. The van der Waals surface area contributed by atoms with E-state index >= 15 is 0 Å². The van der Waals surface area contributed by atoms with E-state index in [1.807, 2.05) is 0 Å². The summed E-state index contributed by atoms with van der Waals surface area (Å²) in [5.74, 6) is -5.91. The second-order valence-electron chi connectivity index (χ2n) is 6.15. The van der Waals surface area contributed by atoms with Crippen molar-refractivity contribution >= 4 is 29.2 Å². The minimum Gasteiger partial charge on any atom is -0.465 e. The number of ether oxygens (including phenoxy) is 1. The fraction of sp³-hybridized carbons (Fsp3) is 0.211. The minimum atomic E-state index is -1.14. The van der Waals surface area contributed by atoms with E-state index in [-0.39, 0.29) is 18.7 Å². The Kier molecular flexibility index (Phi) is 5.34. The molecule has 3 rings (SSSR count). The Labute approximate surface area is 157 Å². The van der Waals surface area contributed by atoms with Crippen molar-refractivity contribution in [1.82, 2.24) is 0 Å². The Morgan fingerprint density at radius 3 is 2.50 bits per heavy atom. The van der Waals surface area contributed by atoms with Gasteiger partial charge in [-0.15, -0.1) is 0 Å². The normalized spacial score (nSPS) is 16.2. The number of hydrogen-bond donors (Lipinski definition) is 1. The Bertz CT molecular complexity index is 964. The molecule has 0 aromatic heterocycles. The van der Waals surface area contributed by atoms with Crippen LogP contribution < -0.4 is 10.2 Å². The van der Waals surface area contributed by atoms with Crippen molar-refractivity contribution in [2.45, 2.75) is 6.42 Å². The zero-order valence-corrected chi connectivity index (χ0v) is 14.7. The molecular weight excluding hydrogens is 377 g/mol.